The van der Waals surface area contributed by atoms with Crippen molar-refractivity contribution in [3.8, 4) is 0 Å². The lowest BCUT2D eigenvalue weighted by Gasteiger charge is -2.16. The van der Waals surface area contributed by atoms with Gasteiger partial charge in [-0.25, -0.2) is 4.39 Å². The van der Waals surface area contributed by atoms with Crippen LogP contribution >= 0.6 is 15.9 Å². The molecule has 0 fully saturated rings. The zero-order valence-electron chi connectivity index (χ0n) is 9.61. The van der Waals surface area contributed by atoms with Crippen LogP contribution in [0.2, 0.25) is 0 Å². The van der Waals surface area contributed by atoms with E-state index in [2.05, 4.69) is 26.3 Å². The fourth-order valence-corrected chi connectivity index (χ4v) is 2.09. The van der Waals surface area contributed by atoms with E-state index in [1.54, 1.807) is 23.0 Å². The summed E-state index contributed by atoms with van der Waals surface area (Å²) < 4.78 is 16.2. The van der Waals surface area contributed by atoms with Gasteiger partial charge >= 0.3 is 0 Å². The molecule has 1 aromatic carbocycles. The standard InChI is InChI=1S/C12H13BrFN3/c1-8(12-5-6-15-17(12)2)16-11-7-9(13)3-4-10(11)14/h3-8,16H,1-2H3. The maximum atomic E-state index is 13.6. The zero-order chi connectivity index (χ0) is 12.4. The van der Waals surface area contributed by atoms with Crippen molar-refractivity contribution < 1.29 is 4.39 Å². The van der Waals surface area contributed by atoms with Crippen molar-refractivity contribution in [3.63, 3.8) is 0 Å². The molecule has 1 atom stereocenters. The van der Waals surface area contributed by atoms with E-state index in [4.69, 9.17) is 0 Å². The summed E-state index contributed by atoms with van der Waals surface area (Å²) in [4.78, 5) is 0. The number of aromatic nitrogens is 2. The van der Waals surface area contributed by atoms with Crippen LogP contribution < -0.4 is 5.32 Å². The quantitative estimate of drug-likeness (QED) is 0.940. The summed E-state index contributed by atoms with van der Waals surface area (Å²) in [5.41, 5.74) is 1.48. The minimum absolute atomic E-state index is 0.00806. The third-order valence-electron chi connectivity index (χ3n) is 2.60. The number of aryl methyl sites for hydroxylation is 1. The van der Waals surface area contributed by atoms with Crippen molar-refractivity contribution in [3.05, 3.63) is 46.4 Å². The van der Waals surface area contributed by atoms with Crippen LogP contribution in [0.3, 0.4) is 0 Å². The second-order valence-corrected chi connectivity index (χ2v) is 4.79. The average molecular weight is 298 g/mol. The van der Waals surface area contributed by atoms with Crippen molar-refractivity contribution in [2.45, 2.75) is 13.0 Å². The Morgan fingerprint density at radius 3 is 2.82 bits per heavy atom. The van der Waals surface area contributed by atoms with Gasteiger partial charge in [-0.2, -0.15) is 5.10 Å². The van der Waals surface area contributed by atoms with Gasteiger partial charge in [0.15, 0.2) is 0 Å². The van der Waals surface area contributed by atoms with Crippen molar-refractivity contribution in [2.24, 2.45) is 7.05 Å². The molecule has 0 saturated heterocycles. The van der Waals surface area contributed by atoms with E-state index in [1.807, 2.05) is 20.0 Å². The molecular formula is C12H13BrFN3. The minimum Gasteiger partial charge on any atom is -0.375 e. The lowest BCUT2D eigenvalue weighted by Crippen LogP contribution is -2.12. The second-order valence-electron chi connectivity index (χ2n) is 3.87. The molecule has 17 heavy (non-hydrogen) atoms. The number of rotatable bonds is 3. The zero-order valence-corrected chi connectivity index (χ0v) is 11.2. The van der Waals surface area contributed by atoms with Crippen molar-refractivity contribution in [1.82, 2.24) is 9.78 Å². The van der Waals surface area contributed by atoms with Gasteiger partial charge < -0.3 is 5.32 Å². The molecule has 0 amide bonds. The molecular weight excluding hydrogens is 285 g/mol. The molecule has 0 spiro atoms. The third-order valence-corrected chi connectivity index (χ3v) is 3.10. The SMILES string of the molecule is CC(Nc1cc(Br)ccc1F)c1ccnn1C. The molecule has 0 saturated carbocycles. The number of nitrogens with one attached hydrogen (secondary N) is 1. The van der Waals surface area contributed by atoms with Crippen LogP contribution in [-0.2, 0) is 7.05 Å². The van der Waals surface area contributed by atoms with Gasteiger partial charge in [-0.15, -0.1) is 0 Å². The molecule has 0 aliphatic carbocycles. The van der Waals surface area contributed by atoms with Crippen LogP contribution in [-0.4, -0.2) is 9.78 Å². The Hall–Kier alpha value is -1.36. The van der Waals surface area contributed by atoms with Gasteiger partial charge in [0, 0.05) is 17.7 Å². The van der Waals surface area contributed by atoms with Crippen molar-refractivity contribution >= 4 is 21.6 Å². The number of benzene rings is 1. The van der Waals surface area contributed by atoms with E-state index in [9.17, 15) is 4.39 Å². The van der Waals surface area contributed by atoms with E-state index in [-0.39, 0.29) is 11.9 Å². The largest absolute Gasteiger partial charge is 0.375 e. The molecule has 0 bridgehead atoms. The first-order valence-electron chi connectivity index (χ1n) is 5.27. The van der Waals surface area contributed by atoms with Crippen LogP contribution in [0.15, 0.2) is 34.9 Å². The van der Waals surface area contributed by atoms with Crippen molar-refractivity contribution in [2.75, 3.05) is 5.32 Å². The van der Waals surface area contributed by atoms with Gasteiger partial charge in [0.25, 0.3) is 0 Å². The highest BCUT2D eigenvalue weighted by atomic mass is 79.9. The van der Waals surface area contributed by atoms with Gasteiger partial charge in [-0.05, 0) is 31.2 Å². The van der Waals surface area contributed by atoms with E-state index < -0.39 is 0 Å². The molecule has 2 aromatic rings. The molecule has 1 unspecified atom stereocenters. The Morgan fingerprint density at radius 1 is 1.41 bits per heavy atom. The van der Waals surface area contributed by atoms with Gasteiger partial charge in [-0.1, -0.05) is 15.9 Å². The fourth-order valence-electron chi connectivity index (χ4n) is 1.72. The third kappa shape index (κ3) is 2.66. The lowest BCUT2D eigenvalue weighted by molar-refractivity contribution is 0.622. The highest BCUT2D eigenvalue weighted by Gasteiger charge is 2.11. The Bertz CT molecular complexity index is 524. The Kier molecular flexibility index (Phi) is 3.47. The average Bonchev–Trinajstić information content (AvgIpc) is 2.70. The topological polar surface area (TPSA) is 29.9 Å². The molecule has 1 heterocycles. The highest BCUT2D eigenvalue weighted by Crippen LogP contribution is 2.24. The minimum atomic E-state index is -0.262. The maximum Gasteiger partial charge on any atom is 0.146 e. The first-order chi connectivity index (χ1) is 8.08. The number of hydrogen-bond donors (Lipinski definition) is 1. The Morgan fingerprint density at radius 2 is 2.18 bits per heavy atom. The maximum absolute atomic E-state index is 13.6. The molecule has 0 aliphatic rings. The number of hydrogen-bond acceptors (Lipinski definition) is 2. The molecule has 3 nitrogen and oxygen atoms in total. The highest BCUT2D eigenvalue weighted by molar-refractivity contribution is 9.10. The molecule has 0 radical (unpaired) electrons. The van der Waals surface area contributed by atoms with E-state index in [0.29, 0.717) is 5.69 Å². The second kappa shape index (κ2) is 4.87. The predicted molar refractivity (Wildman–Crippen MR) is 69.3 cm³/mol. The lowest BCUT2D eigenvalue weighted by atomic mass is 10.2. The predicted octanol–water partition coefficient (Wildman–Crippen LogP) is 3.49. The summed E-state index contributed by atoms with van der Waals surface area (Å²) in [6, 6.07) is 6.74. The number of halogens is 2. The van der Waals surface area contributed by atoms with Crippen LogP contribution in [0.25, 0.3) is 0 Å². The molecule has 1 N–H and O–H groups in total. The van der Waals surface area contributed by atoms with Gasteiger partial charge in [-0.3, -0.25) is 4.68 Å². The summed E-state index contributed by atoms with van der Waals surface area (Å²) in [6.07, 6.45) is 1.73. The van der Waals surface area contributed by atoms with Crippen LogP contribution in [0.4, 0.5) is 10.1 Å². The van der Waals surface area contributed by atoms with Crippen molar-refractivity contribution in [1.29, 1.82) is 0 Å². The molecule has 5 heteroatoms. The Balaban J connectivity index is 2.21. The molecule has 90 valence electrons. The summed E-state index contributed by atoms with van der Waals surface area (Å²) in [6.45, 7) is 1.97. The first-order valence-corrected chi connectivity index (χ1v) is 6.06. The number of nitrogens with zero attached hydrogens (tertiary/aromatic N) is 2. The van der Waals surface area contributed by atoms with Crippen LogP contribution in [0, 0.1) is 5.82 Å². The smallest absolute Gasteiger partial charge is 0.146 e. The summed E-state index contributed by atoms with van der Waals surface area (Å²) in [5.74, 6) is -0.262. The van der Waals surface area contributed by atoms with E-state index in [1.165, 1.54) is 6.07 Å². The van der Waals surface area contributed by atoms with Gasteiger partial charge in [0.2, 0.25) is 0 Å². The molecule has 2 rings (SSSR count). The fraction of sp³-hybridized carbons (Fsp3) is 0.250. The summed E-state index contributed by atoms with van der Waals surface area (Å²) in [7, 11) is 1.87. The molecule has 0 aliphatic heterocycles. The van der Waals surface area contributed by atoms with Crippen LogP contribution in [0.1, 0.15) is 18.7 Å². The molecule has 1 aromatic heterocycles. The summed E-state index contributed by atoms with van der Waals surface area (Å²) in [5, 5.41) is 7.22. The van der Waals surface area contributed by atoms with Gasteiger partial charge in [0.05, 0.1) is 17.4 Å². The number of anilines is 1. The monoisotopic (exact) mass is 297 g/mol. The van der Waals surface area contributed by atoms with E-state index in [0.717, 1.165) is 10.2 Å². The first kappa shape index (κ1) is 12.1. The summed E-state index contributed by atoms with van der Waals surface area (Å²) >= 11 is 3.33. The Labute approximate surface area is 108 Å². The van der Waals surface area contributed by atoms with E-state index >= 15 is 0 Å². The van der Waals surface area contributed by atoms with Gasteiger partial charge in [0.1, 0.15) is 5.82 Å². The van der Waals surface area contributed by atoms with Crippen LogP contribution in [0.5, 0.6) is 0 Å². The normalized spacial score (nSPS) is 12.5.